The lowest BCUT2D eigenvalue weighted by atomic mass is 10.0. The molecule has 0 bridgehead atoms. The van der Waals surface area contributed by atoms with Crippen molar-refractivity contribution < 1.29 is 35.9 Å². The molecular formula is C23H15BrF6N8O2S. The van der Waals surface area contributed by atoms with Crippen molar-refractivity contribution in [2.24, 2.45) is 12.8 Å². The standard InChI is InChI=1S/C23H15BrF6N8O2S/c1-7-4-12(23(28,29)30)38-19(33-7)14(24)16(36-38)20(40)35-15-13-9(10-6-32-37(3)8(10)2)5-11(22(25,26)27)34-21(13)41-17(15)18(31)39/h4-6H,1-3H3,(H2,31,39)(H,35,40). The van der Waals surface area contributed by atoms with Gasteiger partial charge in [0.1, 0.15) is 21.1 Å². The molecule has 0 aliphatic carbocycles. The van der Waals surface area contributed by atoms with Gasteiger partial charge in [-0.25, -0.2) is 14.5 Å². The van der Waals surface area contributed by atoms with Crippen molar-refractivity contribution in [3.05, 3.63) is 56.1 Å². The first-order valence-electron chi connectivity index (χ1n) is 11.3. The van der Waals surface area contributed by atoms with Crippen molar-refractivity contribution in [2.45, 2.75) is 26.2 Å². The molecule has 0 atom stereocenters. The highest BCUT2D eigenvalue weighted by Crippen LogP contribution is 2.44. The lowest BCUT2D eigenvalue weighted by molar-refractivity contribution is -0.143. The number of primary amides is 1. The van der Waals surface area contributed by atoms with E-state index >= 15 is 0 Å². The Labute approximate surface area is 237 Å². The van der Waals surface area contributed by atoms with Crippen LogP contribution in [0, 0.1) is 13.8 Å². The van der Waals surface area contributed by atoms with Gasteiger partial charge in [0.15, 0.2) is 11.3 Å². The zero-order valence-corrected chi connectivity index (χ0v) is 23.3. The third-order valence-corrected chi connectivity index (χ3v) is 7.94. The van der Waals surface area contributed by atoms with Gasteiger partial charge in [0.05, 0.1) is 16.4 Å². The summed E-state index contributed by atoms with van der Waals surface area (Å²) in [6.07, 6.45) is -8.39. The normalized spacial score (nSPS) is 12.4. The maximum absolute atomic E-state index is 13.8. The minimum absolute atomic E-state index is 0.000233. The molecule has 0 fully saturated rings. The van der Waals surface area contributed by atoms with E-state index in [-0.39, 0.29) is 47.7 Å². The molecule has 0 radical (unpaired) electrons. The predicted octanol–water partition coefficient (Wildman–Crippen LogP) is 5.51. The highest BCUT2D eigenvalue weighted by Gasteiger charge is 2.37. The van der Waals surface area contributed by atoms with Crippen LogP contribution in [-0.4, -0.2) is 41.2 Å². The number of nitrogens with one attached hydrogen (secondary N) is 1. The van der Waals surface area contributed by atoms with Crippen LogP contribution in [0.5, 0.6) is 0 Å². The van der Waals surface area contributed by atoms with E-state index in [0.717, 1.165) is 12.1 Å². The molecule has 18 heteroatoms. The predicted molar refractivity (Wildman–Crippen MR) is 138 cm³/mol. The average molecular weight is 661 g/mol. The molecule has 2 amide bonds. The van der Waals surface area contributed by atoms with Crippen LogP contribution in [0.1, 0.15) is 42.9 Å². The number of aryl methyl sites for hydroxylation is 2. The summed E-state index contributed by atoms with van der Waals surface area (Å²) in [5.74, 6) is -2.18. The minimum Gasteiger partial charge on any atom is -0.365 e. The van der Waals surface area contributed by atoms with Gasteiger partial charge >= 0.3 is 12.4 Å². The summed E-state index contributed by atoms with van der Waals surface area (Å²) in [7, 11) is 1.57. The zero-order chi connectivity index (χ0) is 30.2. The number of rotatable bonds is 4. The summed E-state index contributed by atoms with van der Waals surface area (Å²) in [4.78, 5) is 32.8. The lowest BCUT2D eigenvalue weighted by Gasteiger charge is -2.12. The van der Waals surface area contributed by atoms with Crippen LogP contribution in [0.15, 0.2) is 22.8 Å². The summed E-state index contributed by atoms with van der Waals surface area (Å²) >= 11 is 3.58. The molecule has 0 unspecified atom stereocenters. The molecule has 0 saturated carbocycles. The fourth-order valence-corrected chi connectivity index (χ4v) is 5.67. The Morgan fingerprint density at radius 2 is 1.73 bits per heavy atom. The lowest BCUT2D eigenvalue weighted by Crippen LogP contribution is -2.18. The first-order valence-corrected chi connectivity index (χ1v) is 12.9. The Morgan fingerprint density at radius 3 is 2.29 bits per heavy atom. The molecule has 0 aliphatic rings. The third-order valence-electron chi connectivity index (χ3n) is 6.11. The second-order valence-corrected chi connectivity index (χ2v) is 10.6. The fraction of sp³-hybridized carbons (Fsp3) is 0.217. The molecule has 0 aromatic carbocycles. The van der Waals surface area contributed by atoms with Gasteiger partial charge in [-0.3, -0.25) is 14.3 Å². The van der Waals surface area contributed by atoms with Gasteiger partial charge in [-0.2, -0.15) is 36.5 Å². The number of nitrogens with two attached hydrogens (primary N) is 1. The number of hydrogen-bond acceptors (Lipinski definition) is 7. The van der Waals surface area contributed by atoms with Gasteiger partial charge in [-0.15, -0.1) is 11.3 Å². The van der Waals surface area contributed by atoms with Crippen LogP contribution in [0.4, 0.5) is 32.0 Å². The molecule has 5 aromatic heterocycles. The number of fused-ring (bicyclic) bond motifs is 2. The minimum atomic E-state index is -4.86. The number of aromatic nitrogens is 6. The van der Waals surface area contributed by atoms with E-state index in [2.05, 4.69) is 41.4 Å². The highest BCUT2D eigenvalue weighted by atomic mass is 79.9. The zero-order valence-electron chi connectivity index (χ0n) is 20.9. The van der Waals surface area contributed by atoms with E-state index in [1.165, 1.54) is 17.8 Å². The fourth-order valence-electron chi connectivity index (χ4n) is 4.14. The van der Waals surface area contributed by atoms with Crippen molar-refractivity contribution in [1.82, 2.24) is 29.4 Å². The number of nitrogens with zero attached hydrogens (tertiary/aromatic N) is 6. The smallest absolute Gasteiger partial charge is 0.365 e. The second kappa shape index (κ2) is 9.51. The van der Waals surface area contributed by atoms with E-state index in [0.29, 0.717) is 21.5 Å². The van der Waals surface area contributed by atoms with Crippen LogP contribution < -0.4 is 11.1 Å². The summed E-state index contributed by atoms with van der Waals surface area (Å²) in [5, 5.41) is 10.2. The maximum Gasteiger partial charge on any atom is 0.433 e. The molecule has 0 saturated heterocycles. The van der Waals surface area contributed by atoms with Crippen LogP contribution >= 0.6 is 27.3 Å². The third kappa shape index (κ3) is 4.79. The number of pyridine rings is 1. The Balaban J connectivity index is 1.74. The van der Waals surface area contributed by atoms with E-state index in [1.54, 1.807) is 14.0 Å². The number of halogens is 7. The van der Waals surface area contributed by atoms with Gasteiger partial charge in [-0.1, -0.05) is 0 Å². The van der Waals surface area contributed by atoms with E-state index in [4.69, 9.17) is 5.73 Å². The van der Waals surface area contributed by atoms with Gasteiger partial charge in [-0.05, 0) is 47.5 Å². The molecule has 41 heavy (non-hydrogen) atoms. The average Bonchev–Trinajstić information content (AvgIpc) is 3.51. The molecule has 214 valence electrons. The Hall–Kier alpha value is -4.06. The van der Waals surface area contributed by atoms with Crippen LogP contribution in [-0.2, 0) is 19.4 Å². The monoisotopic (exact) mass is 660 g/mol. The number of anilines is 1. The molecule has 5 aromatic rings. The van der Waals surface area contributed by atoms with Crippen LogP contribution in [0.2, 0.25) is 0 Å². The molecule has 3 N–H and O–H groups in total. The van der Waals surface area contributed by atoms with Crippen LogP contribution in [0.25, 0.3) is 27.0 Å². The number of thiophene rings is 1. The SMILES string of the molecule is Cc1cc(C(F)(F)F)n2nc(C(=O)Nc3c(C(N)=O)sc4nc(C(F)(F)F)cc(-c5cnn(C)c5C)c34)c(Br)c2n1. The highest BCUT2D eigenvalue weighted by molar-refractivity contribution is 9.10. The Morgan fingerprint density at radius 1 is 1.05 bits per heavy atom. The number of carbonyl (C=O) groups is 2. The molecular weight excluding hydrogens is 646 g/mol. The summed E-state index contributed by atoms with van der Waals surface area (Å²) in [5.41, 5.74) is 2.56. The van der Waals surface area contributed by atoms with Crippen molar-refractivity contribution in [1.29, 1.82) is 0 Å². The number of carbonyl (C=O) groups excluding carboxylic acids is 2. The first kappa shape index (κ1) is 28.5. The summed E-state index contributed by atoms with van der Waals surface area (Å²) < 4.78 is 84.0. The quantitative estimate of drug-likeness (QED) is 0.244. The summed E-state index contributed by atoms with van der Waals surface area (Å²) in [6, 6.07) is 1.50. The Kier molecular flexibility index (Phi) is 6.60. The number of hydrogen-bond donors (Lipinski definition) is 2. The molecule has 0 aliphatic heterocycles. The molecule has 5 rings (SSSR count). The van der Waals surface area contributed by atoms with Gasteiger partial charge in [0.2, 0.25) is 0 Å². The maximum atomic E-state index is 13.8. The van der Waals surface area contributed by atoms with Crippen molar-refractivity contribution in [2.75, 3.05) is 5.32 Å². The molecule has 0 spiro atoms. The molecule has 10 nitrogen and oxygen atoms in total. The molecule has 5 heterocycles. The first-order chi connectivity index (χ1) is 19.0. The topological polar surface area (TPSA) is 133 Å². The Bertz CT molecular complexity index is 1910. The largest absolute Gasteiger partial charge is 0.433 e. The number of amides is 2. The second-order valence-electron chi connectivity index (χ2n) is 8.80. The van der Waals surface area contributed by atoms with E-state index in [9.17, 15) is 35.9 Å². The van der Waals surface area contributed by atoms with Gasteiger partial charge < -0.3 is 11.1 Å². The van der Waals surface area contributed by atoms with Crippen LogP contribution in [0.3, 0.4) is 0 Å². The van der Waals surface area contributed by atoms with Crippen molar-refractivity contribution in [3.8, 4) is 11.1 Å². The van der Waals surface area contributed by atoms with Crippen molar-refractivity contribution in [3.63, 3.8) is 0 Å². The van der Waals surface area contributed by atoms with E-state index < -0.39 is 41.2 Å². The number of alkyl halides is 6. The summed E-state index contributed by atoms with van der Waals surface area (Å²) in [6.45, 7) is 2.93. The van der Waals surface area contributed by atoms with Gasteiger partial charge in [0.25, 0.3) is 11.8 Å². The van der Waals surface area contributed by atoms with Gasteiger partial charge in [0, 0.05) is 29.4 Å². The van der Waals surface area contributed by atoms with Crippen molar-refractivity contribution >= 4 is 60.6 Å². The van der Waals surface area contributed by atoms with E-state index in [1.807, 2.05) is 0 Å².